The molecule has 4 heteroatoms. The number of benzene rings is 1. The van der Waals surface area contributed by atoms with Crippen LogP contribution in [0, 0.1) is 13.8 Å². The minimum Gasteiger partial charge on any atom is -0.438 e. The topological polar surface area (TPSA) is 34.2 Å². The van der Waals surface area contributed by atoms with Crippen molar-refractivity contribution in [1.29, 1.82) is 0 Å². The monoisotopic (exact) mass is 320 g/mol. The molecule has 0 atom stereocenters. The molecule has 1 aromatic heterocycles. The molecule has 0 spiro atoms. The Labute approximate surface area is 122 Å². The Morgan fingerprint density at radius 2 is 2.05 bits per heavy atom. The van der Waals surface area contributed by atoms with Gasteiger partial charge in [0.1, 0.15) is 5.75 Å². The van der Waals surface area contributed by atoms with Gasteiger partial charge in [0.25, 0.3) is 0 Å². The molecule has 2 aromatic rings. The second-order valence-electron chi connectivity index (χ2n) is 4.52. The molecule has 0 amide bonds. The predicted molar refractivity (Wildman–Crippen MR) is 80.7 cm³/mol. The zero-order valence-corrected chi connectivity index (χ0v) is 12.9. The summed E-state index contributed by atoms with van der Waals surface area (Å²) in [5, 5.41) is 3.12. The fourth-order valence-corrected chi connectivity index (χ4v) is 2.27. The average molecular weight is 321 g/mol. The van der Waals surface area contributed by atoms with E-state index >= 15 is 0 Å². The Balaban J connectivity index is 2.32. The molecule has 0 saturated carbocycles. The fraction of sp³-hybridized carbons (Fsp3) is 0.267. The highest BCUT2D eigenvalue weighted by molar-refractivity contribution is 9.10. The van der Waals surface area contributed by atoms with E-state index in [1.165, 1.54) is 5.56 Å². The Kier molecular flexibility index (Phi) is 4.56. The third-order valence-electron chi connectivity index (χ3n) is 2.80. The van der Waals surface area contributed by atoms with Crippen molar-refractivity contribution < 1.29 is 4.74 Å². The molecule has 0 bridgehead atoms. The van der Waals surface area contributed by atoms with Crippen LogP contribution in [-0.2, 0) is 6.54 Å². The van der Waals surface area contributed by atoms with Crippen molar-refractivity contribution >= 4 is 15.9 Å². The number of hydrogen-bond donors (Lipinski definition) is 1. The molecule has 19 heavy (non-hydrogen) atoms. The van der Waals surface area contributed by atoms with Gasteiger partial charge in [-0.25, -0.2) is 4.98 Å². The highest BCUT2D eigenvalue weighted by atomic mass is 79.9. The molecule has 0 aliphatic carbocycles. The molecule has 0 radical (unpaired) electrons. The van der Waals surface area contributed by atoms with Crippen LogP contribution in [0.3, 0.4) is 0 Å². The summed E-state index contributed by atoms with van der Waals surface area (Å²) in [6, 6.07) is 8.14. The first-order chi connectivity index (χ1) is 9.10. The largest absolute Gasteiger partial charge is 0.438 e. The normalized spacial score (nSPS) is 10.5. The maximum atomic E-state index is 5.93. The second kappa shape index (κ2) is 6.17. The van der Waals surface area contributed by atoms with Crippen molar-refractivity contribution in [1.82, 2.24) is 10.3 Å². The lowest BCUT2D eigenvalue weighted by atomic mass is 10.1. The highest BCUT2D eigenvalue weighted by Crippen LogP contribution is 2.28. The zero-order valence-electron chi connectivity index (χ0n) is 11.3. The van der Waals surface area contributed by atoms with E-state index in [0.29, 0.717) is 12.4 Å². The molecule has 100 valence electrons. The van der Waals surface area contributed by atoms with Crippen molar-refractivity contribution in [2.45, 2.75) is 20.4 Å². The highest BCUT2D eigenvalue weighted by Gasteiger charge is 2.08. The molecule has 1 N–H and O–H groups in total. The summed E-state index contributed by atoms with van der Waals surface area (Å²) in [5.74, 6) is 1.49. The van der Waals surface area contributed by atoms with Gasteiger partial charge in [-0.15, -0.1) is 0 Å². The summed E-state index contributed by atoms with van der Waals surface area (Å²) < 4.78 is 6.88. The van der Waals surface area contributed by atoms with E-state index in [0.717, 1.165) is 21.3 Å². The molecule has 0 unspecified atom stereocenters. The molecule has 0 fully saturated rings. The fourth-order valence-electron chi connectivity index (χ4n) is 1.90. The minimum absolute atomic E-state index is 0.643. The zero-order chi connectivity index (χ0) is 13.8. The van der Waals surface area contributed by atoms with Crippen molar-refractivity contribution in [2.24, 2.45) is 0 Å². The lowest BCUT2D eigenvalue weighted by Crippen LogP contribution is -2.07. The van der Waals surface area contributed by atoms with E-state index in [9.17, 15) is 0 Å². The smallest absolute Gasteiger partial charge is 0.223 e. The van der Waals surface area contributed by atoms with Crippen molar-refractivity contribution in [2.75, 3.05) is 7.05 Å². The van der Waals surface area contributed by atoms with Crippen molar-refractivity contribution in [3.63, 3.8) is 0 Å². The molecule has 0 aliphatic heterocycles. The standard InChI is InChI=1S/C15H17BrN2O/c1-10-4-5-14(11(2)6-10)19-15-12(8-17-3)7-13(16)9-18-15/h4-7,9,17H,8H2,1-3H3. The van der Waals surface area contributed by atoms with Gasteiger partial charge in [0.05, 0.1) is 0 Å². The maximum Gasteiger partial charge on any atom is 0.223 e. The SMILES string of the molecule is CNCc1cc(Br)cnc1Oc1ccc(C)cc1C. The van der Waals surface area contributed by atoms with E-state index in [4.69, 9.17) is 4.74 Å². The van der Waals surface area contributed by atoms with Gasteiger partial charge >= 0.3 is 0 Å². The van der Waals surface area contributed by atoms with Crippen LogP contribution in [0.15, 0.2) is 34.9 Å². The van der Waals surface area contributed by atoms with Crippen LogP contribution in [0.4, 0.5) is 0 Å². The van der Waals surface area contributed by atoms with Gasteiger partial charge in [0.15, 0.2) is 0 Å². The van der Waals surface area contributed by atoms with Gasteiger partial charge in [-0.2, -0.15) is 0 Å². The van der Waals surface area contributed by atoms with Crippen molar-refractivity contribution in [3.8, 4) is 11.6 Å². The van der Waals surface area contributed by atoms with E-state index < -0.39 is 0 Å². The number of rotatable bonds is 4. The van der Waals surface area contributed by atoms with Gasteiger partial charge in [-0.1, -0.05) is 17.7 Å². The van der Waals surface area contributed by atoms with Gasteiger partial charge < -0.3 is 10.1 Å². The van der Waals surface area contributed by atoms with Crippen molar-refractivity contribution in [3.05, 3.63) is 51.6 Å². The van der Waals surface area contributed by atoms with Gasteiger partial charge in [0, 0.05) is 22.8 Å². The van der Waals surface area contributed by atoms with E-state index in [1.807, 2.05) is 32.2 Å². The van der Waals surface area contributed by atoms with Gasteiger partial charge in [0.2, 0.25) is 5.88 Å². The number of nitrogens with zero attached hydrogens (tertiary/aromatic N) is 1. The van der Waals surface area contributed by atoms with Crippen LogP contribution in [-0.4, -0.2) is 12.0 Å². The van der Waals surface area contributed by atoms with Crippen LogP contribution >= 0.6 is 15.9 Å². The number of ether oxygens (including phenoxy) is 1. The first kappa shape index (κ1) is 14.0. The van der Waals surface area contributed by atoms with Crippen LogP contribution in [0.1, 0.15) is 16.7 Å². The number of pyridine rings is 1. The van der Waals surface area contributed by atoms with E-state index in [1.54, 1.807) is 6.20 Å². The molecular weight excluding hydrogens is 304 g/mol. The van der Waals surface area contributed by atoms with Gasteiger partial charge in [-0.3, -0.25) is 0 Å². The average Bonchev–Trinajstić information content (AvgIpc) is 2.36. The number of aryl methyl sites for hydroxylation is 2. The van der Waals surface area contributed by atoms with Gasteiger partial charge in [-0.05, 0) is 54.5 Å². The Morgan fingerprint density at radius 1 is 1.26 bits per heavy atom. The molecule has 0 aliphatic rings. The van der Waals surface area contributed by atoms with E-state index in [-0.39, 0.29) is 0 Å². The molecule has 2 rings (SSSR count). The Hall–Kier alpha value is -1.39. The Morgan fingerprint density at radius 3 is 2.74 bits per heavy atom. The summed E-state index contributed by atoms with van der Waals surface area (Å²) in [7, 11) is 1.90. The molecular formula is C15H17BrN2O. The lowest BCUT2D eigenvalue weighted by molar-refractivity contribution is 0.450. The van der Waals surface area contributed by atoms with Crippen LogP contribution < -0.4 is 10.1 Å². The summed E-state index contributed by atoms with van der Waals surface area (Å²) in [4.78, 5) is 4.35. The summed E-state index contributed by atoms with van der Waals surface area (Å²) in [5.41, 5.74) is 3.36. The molecule has 1 heterocycles. The maximum absolute atomic E-state index is 5.93. The number of nitrogens with one attached hydrogen (secondary N) is 1. The van der Waals surface area contributed by atoms with Crippen LogP contribution in [0.25, 0.3) is 0 Å². The number of hydrogen-bond acceptors (Lipinski definition) is 3. The second-order valence-corrected chi connectivity index (χ2v) is 5.43. The first-order valence-corrected chi connectivity index (χ1v) is 6.93. The molecule has 3 nitrogen and oxygen atoms in total. The summed E-state index contributed by atoms with van der Waals surface area (Å²) in [6.07, 6.45) is 1.75. The van der Waals surface area contributed by atoms with Crippen LogP contribution in [0.2, 0.25) is 0 Å². The molecule has 0 saturated heterocycles. The third kappa shape index (κ3) is 3.55. The van der Waals surface area contributed by atoms with Crippen LogP contribution in [0.5, 0.6) is 11.6 Å². The summed E-state index contributed by atoms with van der Waals surface area (Å²) in [6.45, 7) is 4.83. The number of halogens is 1. The quantitative estimate of drug-likeness (QED) is 0.925. The lowest BCUT2D eigenvalue weighted by Gasteiger charge is -2.12. The minimum atomic E-state index is 0.643. The number of aromatic nitrogens is 1. The first-order valence-electron chi connectivity index (χ1n) is 6.14. The summed E-state index contributed by atoms with van der Waals surface area (Å²) >= 11 is 3.43. The molecule has 1 aromatic carbocycles. The third-order valence-corrected chi connectivity index (χ3v) is 3.23. The predicted octanol–water partition coefficient (Wildman–Crippen LogP) is 3.97. The Bertz CT molecular complexity index is 584. The van der Waals surface area contributed by atoms with E-state index in [2.05, 4.69) is 39.2 Å².